The summed E-state index contributed by atoms with van der Waals surface area (Å²) >= 11 is 0. The van der Waals surface area contributed by atoms with Crippen molar-refractivity contribution >= 4 is 5.97 Å². The van der Waals surface area contributed by atoms with Crippen LogP contribution in [0.4, 0.5) is 0 Å². The van der Waals surface area contributed by atoms with Gasteiger partial charge in [-0.05, 0) is 20.8 Å². The molecule has 1 rings (SSSR count). The molecule has 1 heterocycles. The number of carbonyl (C=O) groups excluding carboxylic acids is 1. The minimum absolute atomic E-state index is 0.261. The molecule has 0 aromatic carbocycles. The average molecular weight is 188 g/mol. The highest BCUT2D eigenvalue weighted by Gasteiger charge is 2.27. The highest BCUT2D eigenvalue weighted by atomic mass is 16.7. The summed E-state index contributed by atoms with van der Waals surface area (Å²) < 4.78 is 15.3. The van der Waals surface area contributed by atoms with Crippen LogP contribution < -0.4 is 0 Å². The number of ether oxygens (including phenoxy) is 3. The fourth-order valence-electron chi connectivity index (χ4n) is 0.830. The second-order valence-corrected chi connectivity index (χ2v) is 4.03. The molecule has 0 bridgehead atoms. The average Bonchev–Trinajstić information content (AvgIpc) is 2.04. The van der Waals surface area contributed by atoms with Crippen molar-refractivity contribution < 1.29 is 19.0 Å². The first kappa shape index (κ1) is 10.5. The predicted octanol–water partition coefficient (Wildman–Crippen LogP) is 0.949. The van der Waals surface area contributed by atoms with E-state index in [4.69, 9.17) is 14.2 Å². The summed E-state index contributed by atoms with van der Waals surface area (Å²) in [4.78, 5) is 11.4. The van der Waals surface area contributed by atoms with Gasteiger partial charge in [0.15, 0.2) is 0 Å². The van der Waals surface area contributed by atoms with E-state index in [-0.39, 0.29) is 5.97 Å². The summed E-state index contributed by atoms with van der Waals surface area (Å²) in [7, 11) is 0. The van der Waals surface area contributed by atoms with E-state index in [0.29, 0.717) is 19.8 Å². The van der Waals surface area contributed by atoms with Crippen LogP contribution in [0.5, 0.6) is 0 Å². The monoisotopic (exact) mass is 188 g/mol. The van der Waals surface area contributed by atoms with Crippen LogP contribution in [0, 0.1) is 5.41 Å². The van der Waals surface area contributed by atoms with Crippen molar-refractivity contribution in [2.45, 2.75) is 27.1 Å². The molecule has 1 aliphatic heterocycles. The van der Waals surface area contributed by atoms with Gasteiger partial charge in [-0.1, -0.05) is 0 Å². The molecule has 1 unspecified atom stereocenters. The molecular formula is C9H16O4. The van der Waals surface area contributed by atoms with E-state index in [9.17, 15) is 4.79 Å². The Morgan fingerprint density at radius 3 is 2.54 bits per heavy atom. The van der Waals surface area contributed by atoms with E-state index >= 15 is 0 Å². The minimum Gasteiger partial charge on any atom is -0.433 e. The topological polar surface area (TPSA) is 44.8 Å². The molecule has 0 N–H and O–H groups in total. The first-order valence-electron chi connectivity index (χ1n) is 4.40. The quantitative estimate of drug-likeness (QED) is 0.575. The third-order valence-corrected chi connectivity index (χ3v) is 1.64. The SMILES string of the molecule is CC(C)(C)C(=O)OC1COCCO1. The normalized spacial score (nSPS) is 24.1. The summed E-state index contributed by atoms with van der Waals surface area (Å²) in [6.45, 7) is 6.81. The maximum absolute atomic E-state index is 11.4. The number of rotatable bonds is 1. The van der Waals surface area contributed by atoms with Crippen LogP contribution >= 0.6 is 0 Å². The standard InChI is InChI=1S/C9H16O4/c1-9(2,3)8(10)13-7-6-11-4-5-12-7/h7H,4-6H2,1-3H3. The van der Waals surface area contributed by atoms with Gasteiger partial charge in [-0.2, -0.15) is 0 Å². The molecule has 76 valence electrons. The van der Waals surface area contributed by atoms with E-state index in [2.05, 4.69) is 0 Å². The molecule has 1 atom stereocenters. The van der Waals surface area contributed by atoms with Crippen LogP contribution in [0.2, 0.25) is 0 Å². The fourth-order valence-corrected chi connectivity index (χ4v) is 0.830. The zero-order valence-electron chi connectivity index (χ0n) is 8.33. The Kier molecular flexibility index (Phi) is 3.27. The van der Waals surface area contributed by atoms with Gasteiger partial charge in [0.1, 0.15) is 6.61 Å². The van der Waals surface area contributed by atoms with Crippen LogP contribution in [0.15, 0.2) is 0 Å². The van der Waals surface area contributed by atoms with Crippen molar-refractivity contribution in [3.63, 3.8) is 0 Å². The van der Waals surface area contributed by atoms with Crippen LogP contribution in [-0.4, -0.2) is 32.1 Å². The fraction of sp³-hybridized carbons (Fsp3) is 0.889. The van der Waals surface area contributed by atoms with Gasteiger partial charge < -0.3 is 14.2 Å². The molecule has 1 aliphatic rings. The van der Waals surface area contributed by atoms with Gasteiger partial charge in [0.2, 0.25) is 6.29 Å². The van der Waals surface area contributed by atoms with Gasteiger partial charge in [0.05, 0.1) is 18.6 Å². The first-order chi connectivity index (χ1) is 6.00. The van der Waals surface area contributed by atoms with Crippen molar-refractivity contribution in [1.29, 1.82) is 0 Å². The Morgan fingerprint density at radius 2 is 2.08 bits per heavy atom. The minimum atomic E-state index is -0.527. The van der Waals surface area contributed by atoms with Crippen LogP contribution in [0.1, 0.15) is 20.8 Å². The molecule has 0 aromatic heterocycles. The number of carbonyl (C=O) groups is 1. The largest absolute Gasteiger partial charge is 0.433 e. The van der Waals surface area contributed by atoms with E-state index in [1.54, 1.807) is 20.8 Å². The molecule has 0 saturated carbocycles. The predicted molar refractivity (Wildman–Crippen MR) is 46.1 cm³/mol. The van der Waals surface area contributed by atoms with Crippen LogP contribution in [0.3, 0.4) is 0 Å². The lowest BCUT2D eigenvalue weighted by atomic mass is 9.97. The summed E-state index contributed by atoms with van der Waals surface area (Å²) in [6, 6.07) is 0. The second-order valence-electron chi connectivity index (χ2n) is 4.03. The first-order valence-corrected chi connectivity index (χ1v) is 4.40. The second kappa shape index (κ2) is 4.07. The van der Waals surface area contributed by atoms with E-state index in [1.807, 2.05) is 0 Å². The molecule has 1 saturated heterocycles. The summed E-state index contributed by atoms with van der Waals surface area (Å²) in [5.41, 5.74) is -0.485. The van der Waals surface area contributed by atoms with Crippen molar-refractivity contribution in [1.82, 2.24) is 0 Å². The van der Waals surface area contributed by atoms with E-state index < -0.39 is 11.7 Å². The highest BCUT2D eigenvalue weighted by Crippen LogP contribution is 2.17. The maximum atomic E-state index is 11.4. The van der Waals surface area contributed by atoms with Gasteiger partial charge in [0, 0.05) is 0 Å². The van der Waals surface area contributed by atoms with Gasteiger partial charge in [-0.15, -0.1) is 0 Å². The number of hydrogen-bond acceptors (Lipinski definition) is 4. The lowest BCUT2D eigenvalue weighted by Crippen LogP contribution is -2.36. The smallest absolute Gasteiger partial charge is 0.313 e. The van der Waals surface area contributed by atoms with Crippen molar-refractivity contribution in [3.8, 4) is 0 Å². The van der Waals surface area contributed by atoms with E-state index in [0.717, 1.165) is 0 Å². The maximum Gasteiger partial charge on any atom is 0.313 e. The molecule has 0 radical (unpaired) electrons. The van der Waals surface area contributed by atoms with Crippen molar-refractivity contribution in [2.24, 2.45) is 5.41 Å². The summed E-state index contributed by atoms with van der Waals surface area (Å²) in [6.07, 6.45) is -0.527. The molecule has 4 nitrogen and oxygen atoms in total. The van der Waals surface area contributed by atoms with Gasteiger partial charge >= 0.3 is 5.97 Å². The zero-order chi connectivity index (χ0) is 9.90. The molecule has 1 fully saturated rings. The Bertz CT molecular complexity index is 177. The van der Waals surface area contributed by atoms with Gasteiger partial charge in [0.25, 0.3) is 0 Å². The number of esters is 1. The third-order valence-electron chi connectivity index (χ3n) is 1.64. The summed E-state index contributed by atoms with van der Waals surface area (Å²) in [5, 5.41) is 0. The van der Waals surface area contributed by atoms with Crippen molar-refractivity contribution in [2.75, 3.05) is 19.8 Å². The Balaban J connectivity index is 2.35. The third kappa shape index (κ3) is 3.32. The molecule has 0 amide bonds. The lowest BCUT2D eigenvalue weighted by Gasteiger charge is -2.26. The highest BCUT2D eigenvalue weighted by molar-refractivity contribution is 5.75. The van der Waals surface area contributed by atoms with E-state index in [1.165, 1.54) is 0 Å². The van der Waals surface area contributed by atoms with Gasteiger partial charge in [-0.25, -0.2) is 0 Å². The van der Waals surface area contributed by atoms with Crippen molar-refractivity contribution in [3.05, 3.63) is 0 Å². The molecule has 0 spiro atoms. The lowest BCUT2D eigenvalue weighted by molar-refractivity contribution is -0.220. The molecule has 0 aliphatic carbocycles. The Labute approximate surface area is 78.2 Å². The van der Waals surface area contributed by atoms with Gasteiger partial charge in [-0.3, -0.25) is 4.79 Å². The number of hydrogen-bond donors (Lipinski definition) is 0. The molecule has 4 heteroatoms. The Hall–Kier alpha value is -0.610. The summed E-state index contributed by atoms with van der Waals surface area (Å²) in [5.74, 6) is -0.261. The molecule has 0 aromatic rings. The van der Waals surface area contributed by atoms with Crippen LogP contribution in [-0.2, 0) is 19.0 Å². The molecule has 13 heavy (non-hydrogen) atoms. The van der Waals surface area contributed by atoms with Crippen LogP contribution in [0.25, 0.3) is 0 Å². The Morgan fingerprint density at radius 1 is 1.38 bits per heavy atom. The molecular weight excluding hydrogens is 172 g/mol. The zero-order valence-corrected chi connectivity index (χ0v) is 8.33.